The second kappa shape index (κ2) is 7.47. The molecule has 2 aromatic carbocycles. The van der Waals surface area contributed by atoms with E-state index in [1.54, 1.807) is 0 Å². The normalized spacial score (nSPS) is 25.4. The van der Waals surface area contributed by atoms with Gasteiger partial charge >= 0.3 is 0 Å². The molecule has 3 aliphatic carbocycles. The van der Waals surface area contributed by atoms with E-state index in [9.17, 15) is 9.90 Å². The summed E-state index contributed by atoms with van der Waals surface area (Å²) in [7, 11) is 0. The van der Waals surface area contributed by atoms with Crippen LogP contribution in [0, 0.1) is 12.8 Å². The van der Waals surface area contributed by atoms with Crippen LogP contribution in [0.15, 0.2) is 53.0 Å². The molecule has 1 aromatic heterocycles. The Morgan fingerprint density at radius 2 is 1.90 bits per heavy atom. The van der Waals surface area contributed by atoms with E-state index in [0.717, 1.165) is 57.9 Å². The predicted octanol–water partition coefficient (Wildman–Crippen LogP) is 5.40. The molecule has 0 saturated heterocycles. The van der Waals surface area contributed by atoms with Crippen molar-refractivity contribution in [2.45, 2.75) is 50.7 Å². The summed E-state index contributed by atoms with van der Waals surface area (Å²) in [5, 5.41) is 14.6. The minimum absolute atomic E-state index is 0.0669. The van der Waals surface area contributed by atoms with Crippen LogP contribution in [0.5, 0.6) is 0 Å². The molecule has 1 atom stereocenters. The Bertz CT molecular complexity index is 1120. The summed E-state index contributed by atoms with van der Waals surface area (Å²) in [6.07, 6.45) is 4.20. The quantitative estimate of drug-likeness (QED) is 0.545. The minimum Gasteiger partial charge on any atom is -0.393 e. The number of amides is 1. The molecule has 4 nitrogen and oxygen atoms in total. The van der Waals surface area contributed by atoms with Crippen LogP contribution in [0.25, 0.3) is 22.2 Å². The lowest BCUT2D eigenvalue weighted by Crippen LogP contribution is -2.58. The molecule has 154 valence electrons. The molecule has 1 amide bonds. The Kier molecular flexibility index (Phi) is 4.91. The molecule has 5 heteroatoms. The predicted molar refractivity (Wildman–Crippen MR) is 122 cm³/mol. The van der Waals surface area contributed by atoms with Crippen molar-refractivity contribution < 1.29 is 9.90 Å². The van der Waals surface area contributed by atoms with Crippen LogP contribution in [0.1, 0.15) is 48.0 Å². The Hall–Kier alpha value is -2.24. The van der Waals surface area contributed by atoms with Gasteiger partial charge in [-0.2, -0.15) is 0 Å². The SMILES string of the molecule is Cc1c(-c2ccccc2)nc2ccc(Br)cc2c1C(=O)NC12CCC(CC1)C(O)C2. The molecule has 2 bridgehead atoms. The van der Waals surface area contributed by atoms with Gasteiger partial charge < -0.3 is 10.4 Å². The molecule has 6 rings (SSSR count). The molecule has 3 fully saturated rings. The summed E-state index contributed by atoms with van der Waals surface area (Å²) in [5.41, 5.74) is 3.90. The van der Waals surface area contributed by atoms with Gasteiger partial charge in [-0.1, -0.05) is 46.3 Å². The van der Waals surface area contributed by atoms with Crippen molar-refractivity contribution >= 4 is 32.7 Å². The van der Waals surface area contributed by atoms with E-state index in [1.165, 1.54) is 0 Å². The van der Waals surface area contributed by atoms with Gasteiger partial charge in [0.25, 0.3) is 5.91 Å². The second-order valence-corrected chi connectivity index (χ2v) is 9.75. The van der Waals surface area contributed by atoms with Gasteiger partial charge in [0.15, 0.2) is 0 Å². The number of aliphatic hydroxyl groups excluding tert-OH is 1. The topological polar surface area (TPSA) is 62.2 Å². The standard InChI is InChI=1S/C25H25BrN2O2/c1-15-22(24(30)28-25-11-9-16(10-12-25)21(29)14-25)19-13-18(26)7-8-20(19)27-23(15)17-5-3-2-4-6-17/h2-8,13,16,21,29H,9-12,14H2,1H3,(H,28,30). The number of carbonyl (C=O) groups is 1. The molecule has 0 radical (unpaired) electrons. The summed E-state index contributed by atoms with van der Waals surface area (Å²) in [5.74, 6) is 0.329. The number of benzene rings is 2. The zero-order valence-electron chi connectivity index (χ0n) is 17.0. The number of nitrogens with zero attached hydrogens (tertiary/aromatic N) is 1. The van der Waals surface area contributed by atoms with Gasteiger partial charge in [-0.15, -0.1) is 0 Å². The monoisotopic (exact) mass is 464 g/mol. The van der Waals surface area contributed by atoms with Crippen molar-refractivity contribution in [1.29, 1.82) is 0 Å². The molecular weight excluding hydrogens is 440 g/mol. The first-order valence-corrected chi connectivity index (χ1v) is 11.4. The highest BCUT2D eigenvalue weighted by Crippen LogP contribution is 2.44. The number of hydrogen-bond donors (Lipinski definition) is 2. The average molecular weight is 465 g/mol. The molecule has 30 heavy (non-hydrogen) atoms. The maximum absolute atomic E-state index is 13.7. The zero-order valence-corrected chi connectivity index (χ0v) is 18.6. The molecule has 3 aromatic rings. The summed E-state index contributed by atoms with van der Waals surface area (Å²) in [6, 6.07) is 15.9. The van der Waals surface area contributed by atoms with Crippen molar-refractivity contribution in [3.05, 3.63) is 64.1 Å². The summed E-state index contributed by atoms with van der Waals surface area (Å²) in [4.78, 5) is 18.6. The van der Waals surface area contributed by atoms with E-state index in [0.29, 0.717) is 17.9 Å². The smallest absolute Gasteiger partial charge is 0.252 e. The highest BCUT2D eigenvalue weighted by Gasteiger charge is 2.46. The van der Waals surface area contributed by atoms with E-state index in [-0.39, 0.29) is 17.6 Å². The molecule has 1 heterocycles. The third kappa shape index (κ3) is 3.34. The molecule has 3 saturated carbocycles. The number of hydrogen-bond acceptors (Lipinski definition) is 3. The fraction of sp³-hybridized carbons (Fsp3) is 0.360. The fourth-order valence-corrected chi connectivity index (χ4v) is 5.69. The van der Waals surface area contributed by atoms with Gasteiger partial charge in [0.1, 0.15) is 0 Å². The first-order valence-electron chi connectivity index (χ1n) is 10.6. The Balaban J connectivity index is 1.62. The van der Waals surface area contributed by atoms with E-state index in [4.69, 9.17) is 4.98 Å². The number of nitrogens with one attached hydrogen (secondary N) is 1. The van der Waals surface area contributed by atoms with Crippen molar-refractivity contribution in [2.24, 2.45) is 5.92 Å². The lowest BCUT2D eigenvalue weighted by atomic mass is 9.64. The van der Waals surface area contributed by atoms with Gasteiger partial charge in [-0.05, 0) is 68.7 Å². The van der Waals surface area contributed by atoms with Crippen molar-refractivity contribution in [1.82, 2.24) is 10.3 Å². The first kappa shape index (κ1) is 19.7. The summed E-state index contributed by atoms with van der Waals surface area (Å²) < 4.78 is 0.921. The lowest BCUT2D eigenvalue weighted by molar-refractivity contribution is -0.0229. The Morgan fingerprint density at radius 3 is 2.60 bits per heavy atom. The van der Waals surface area contributed by atoms with Crippen LogP contribution in [-0.2, 0) is 0 Å². The van der Waals surface area contributed by atoms with Crippen LogP contribution in [-0.4, -0.2) is 27.6 Å². The number of rotatable bonds is 3. The van der Waals surface area contributed by atoms with Gasteiger partial charge in [0, 0.05) is 21.0 Å². The fourth-order valence-electron chi connectivity index (χ4n) is 5.33. The third-order valence-electron chi connectivity index (χ3n) is 6.97. The number of carbonyl (C=O) groups excluding carboxylic acids is 1. The first-order chi connectivity index (χ1) is 14.5. The highest BCUT2D eigenvalue weighted by molar-refractivity contribution is 9.10. The van der Waals surface area contributed by atoms with Crippen molar-refractivity contribution in [3.8, 4) is 11.3 Å². The maximum atomic E-state index is 13.7. The van der Waals surface area contributed by atoms with Crippen LogP contribution in [0.4, 0.5) is 0 Å². The number of fused-ring (bicyclic) bond motifs is 4. The van der Waals surface area contributed by atoms with Crippen LogP contribution in [0.2, 0.25) is 0 Å². The summed E-state index contributed by atoms with van der Waals surface area (Å²) >= 11 is 3.55. The highest BCUT2D eigenvalue weighted by atomic mass is 79.9. The van der Waals surface area contributed by atoms with Gasteiger partial charge in [-0.25, -0.2) is 4.98 Å². The van der Waals surface area contributed by atoms with Crippen LogP contribution >= 0.6 is 15.9 Å². The largest absolute Gasteiger partial charge is 0.393 e. The molecule has 2 N–H and O–H groups in total. The number of aromatic nitrogens is 1. The molecule has 3 aliphatic rings. The second-order valence-electron chi connectivity index (χ2n) is 8.83. The van der Waals surface area contributed by atoms with Gasteiger partial charge in [0.2, 0.25) is 0 Å². The van der Waals surface area contributed by atoms with Crippen molar-refractivity contribution in [2.75, 3.05) is 0 Å². The Morgan fingerprint density at radius 1 is 1.17 bits per heavy atom. The van der Waals surface area contributed by atoms with Gasteiger partial charge in [0.05, 0.1) is 22.9 Å². The molecule has 1 unspecified atom stereocenters. The lowest BCUT2D eigenvalue weighted by Gasteiger charge is -2.49. The van der Waals surface area contributed by atoms with Gasteiger partial charge in [-0.3, -0.25) is 4.79 Å². The zero-order chi connectivity index (χ0) is 20.9. The average Bonchev–Trinajstić information content (AvgIpc) is 2.74. The minimum atomic E-state index is -0.308. The maximum Gasteiger partial charge on any atom is 0.252 e. The summed E-state index contributed by atoms with van der Waals surface area (Å²) in [6.45, 7) is 1.98. The van der Waals surface area contributed by atoms with E-state index in [2.05, 4.69) is 21.2 Å². The van der Waals surface area contributed by atoms with E-state index in [1.807, 2.05) is 55.5 Å². The number of aliphatic hydroxyl groups is 1. The number of pyridine rings is 1. The van der Waals surface area contributed by atoms with Crippen LogP contribution < -0.4 is 5.32 Å². The molecule has 0 aliphatic heterocycles. The van der Waals surface area contributed by atoms with Crippen LogP contribution in [0.3, 0.4) is 0 Å². The molecule has 0 spiro atoms. The Labute approximate surface area is 184 Å². The van der Waals surface area contributed by atoms with E-state index < -0.39 is 0 Å². The van der Waals surface area contributed by atoms with E-state index >= 15 is 0 Å². The number of halogens is 1. The van der Waals surface area contributed by atoms with Crippen molar-refractivity contribution in [3.63, 3.8) is 0 Å². The molecular formula is C25H25BrN2O2. The third-order valence-corrected chi connectivity index (χ3v) is 7.47.